The van der Waals surface area contributed by atoms with Crippen molar-refractivity contribution >= 4 is 5.97 Å². The predicted octanol–water partition coefficient (Wildman–Crippen LogP) is 1.27. The number of carboxylic acids is 1. The summed E-state index contributed by atoms with van der Waals surface area (Å²) in [6.07, 6.45) is 14.8. The summed E-state index contributed by atoms with van der Waals surface area (Å²) in [5.41, 5.74) is 4.99. The van der Waals surface area contributed by atoms with Crippen molar-refractivity contribution in [3.63, 3.8) is 0 Å². The molecule has 0 aromatic rings. The summed E-state index contributed by atoms with van der Waals surface area (Å²) in [5.74, 6) is -1.16. The Morgan fingerprint density at radius 3 is 2.39 bits per heavy atom. The average molecular weight is 322 g/mol. The maximum Gasteiger partial charge on any atom is 1.00 e. The van der Waals surface area contributed by atoms with Crippen molar-refractivity contribution in [1.29, 1.82) is 0 Å². The molecule has 0 spiro atoms. The Bertz CT molecular complexity index is 572. The molecule has 0 radical (unpaired) electrons. The molecule has 0 aromatic carbocycles. The van der Waals surface area contributed by atoms with Gasteiger partial charge < -0.3 is 9.90 Å². The fourth-order valence-corrected chi connectivity index (χ4v) is 2.87. The van der Waals surface area contributed by atoms with Gasteiger partial charge in [-0.3, -0.25) is 0 Å². The van der Waals surface area contributed by atoms with Gasteiger partial charge in [0.2, 0.25) is 0 Å². The molecule has 2 nitrogen and oxygen atoms in total. The van der Waals surface area contributed by atoms with E-state index in [1.54, 1.807) is 13.0 Å². The molecule has 1 aliphatic rings. The SMILES string of the molecule is CC(C=CC1=C(C)CCCC1(C)C)=CC=C/C(C)=C\C(=O)[O-].[Na+]. The van der Waals surface area contributed by atoms with E-state index in [2.05, 4.69) is 32.9 Å². The van der Waals surface area contributed by atoms with Crippen LogP contribution in [-0.4, -0.2) is 5.97 Å². The van der Waals surface area contributed by atoms with Gasteiger partial charge >= 0.3 is 29.6 Å². The Hall–Kier alpha value is -0.830. The monoisotopic (exact) mass is 322 g/mol. The van der Waals surface area contributed by atoms with E-state index in [9.17, 15) is 9.90 Å². The van der Waals surface area contributed by atoms with Gasteiger partial charge in [-0.05, 0) is 62.7 Å². The van der Waals surface area contributed by atoms with Crippen LogP contribution in [0.5, 0.6) is 0 Å². The molecular weight excluding hydrogens is 295 g/mol. The molecule has 1 aliphatic carbocycles. The van der Waals surface area contributed by atoms with Gasteiger partial charge in [0, 0.05) is 0 Å². The standard InChI is InChI=1S/C20H28O2.Na/c1-15(8-6-9-16(2)14-19(21)22)11-12-18-17(3)10-7-13-20(18,4)5;/h6,8-9,11-12,14H,7,10,13H2,1-5H3,(H,21,22);/q;+1/p-1/b9-6?,12-11?,15-8?,16-14-;. The average Bonchev–Trinajstić information content (AvgIpc) is 2.36. The first-order valence-electron chi connectivity index (χ1n) is 7.85. The molecule has 0 aromatic heterocycles. The number of aliphatic carboxylic acids is 1. The van der Waals surface area contributed by atoms with Crippen LogP contribution in [0, 0.1) is 5.41 Å². The minimum absolute atomic E-state index is 0. The van der Waals surface area contributed by atoms with Crippen LogP contribution in [0.2, 0.25) is 0 Å². The quantitative estimate of drug-likeness (QED) is 0.434. The second-order valence-corrected chi connectivity index (χ2v) is 6.74. The second-order valence-electron chi connectivity index (χ2n) is 6.74. The molecule has 0 unspecified atom stereocenters. The molecule has 0 heterocycles. The summed E-state index contributed by atoms with van der Waals surface area (Å²) in [5, 5.41) is 10.4. The van der Waals surface area contributed by atoms with Gasteiger partial charge in [0.1, 0.15) is 0 Å². The Kier molecular flexibility index (Phi) is 9.76. The zero-order valence-electron chi connectivity index (χ0n) is 15.4. The number of carboxylic acid groups (broad SMARTS) is 1. The van der Waals surface area contributed by atoms with E-state index in [-0.39, 0.29) is 35.0 Å². The summed E-state index contributed by atoms with van der Waals surface area (Å²) in [6.45, 7) is 10.6. The molecular formula is C20H27NaO2. The molecule has 0 saturated heterocycles. The van der Waals surface area contributed by atoms with E-state index in [1.165, 1.54) is 30.4 Å². The molecule has 3 heteroatoms. The van der Waals surface area contributed by atoms with Gasteiger partial charge in [-0.1, -0.05) is 55.4 Å². The maximum atomic E-state index is 10.4. The molecule has 0 amide bonds. The topological polar surface area (TPSA) is 40.1 Å². The summed E-state index contributed by atoms with van der Waals surface area (Å²) >= 11 is 0. The predicted molar refractivity (Wildman–Crippen MR) is 91.1 cm³/mol. The van der Waals surface area contributed by atoms with Crippen LogP contribution in [0.25, 0.3) is 0 Å². The number of carbonyl (C=O) groups excluding carboxylic acids is 1. The van der Waals surface area contributed by atoms with Crippen LogP contribution >= 0.6 is 0 Å². The second kappa shape index (κ2) is 10.1. The van der Waals surface area contributed by atoms with E-state index >= 15 is 0 Å². The van der Waals surface area contributed by atoms with Crippen molar-refractivity contribution < 1.29 is 39.5 Å². The first kappa shape index (κ1) is 22.2. The van der Waals surface area contributed by atoms with Crippen molar-refractivity contribution in [3.05, 3.63) is 58.7 Å². The number of hydrogen-bond acceptors (Lipinski definition) is 2. The summed E-state index contributed by atoms with van der Waals surface area (Å²) in [6, 6.07) is 0. The van der Waals surface area contributed by atoms with Crippen LogP contribution in [0.15, 0.2) is 58.7 Å². The van der Waals surface area contributed by atoms with Crippen LogP contribution in [0.3, 0.4) is 0 Å². The Labute approximate surface area is 163 Å². The van der Waals surface area contributed by atoms with Crippen molar-refractivity contribution in [2.45, 2.75) is 53.9 Å². The van der Waals surface area contributed by atoms with Gasteiger partial charge in [0.25, 0.3) is 0 Å². The fourth-order valence-electron chi connectivity index (χ4n) is 2.87. The summed E-state index contributed by atoms with van der Waals surface area (Å²) in [4.78, 5) is 10.4. The van der Waals surface area contributed by atoms with Gasteiger partial charge in [0.15, 0.2) is 0 Å². The normalized spacial score (nSPS) is 19.3. The minimum Gasteiger partial charge on any atom is -0.545 e. The van der Waals surface area contributed by atoms with Crippen molar-refractivity contribution in [1.82, 2.24) is 0 Å². The molecule has 0 saturated carbocycles. The smallest absolute Gasteiger partial charge is 0.545 e. The van der Waals surface area contributed by atoms with Crippen LogP contribution in [0.1, 0.15) is 53.9 Å². The summed E-state index contributed by atoms with van der Waals surface area (Å²) < 4.78 is 0. The third-order valence-electron chi connectivity index (χ3n) is 4.12. The molecule has 120 valence electrons. The van der Waals surface area contributed by atoms with Crippen molar-refractivity contribution in [3.8, 4) is 0 Å². The van der Waals surface area contributed by atoms with Crippen LogP contribution < -0.4 is 34.7 Å². The number of allylic oxidation sites excluding steroid dienone is 9. The Balaban J connectivity index is 0.00000484. The van der Waals surface area contributed by atoms with Crippen molar-refractivity contribution in [2.24, 2.45) is 5.41 Å². The van der Waals surface area contributed by atoms with E-state index in [4.69, 9.17) is 0 Å². The molecule has 0 bridgehead atoms. The number of rotatable bonds is 5. The fraction of sp³-hybridized carbons (Fsp3) is 0.450. The Morgan fingerprint density at radius 1 is 1.17 bits per heavy atom. The molecule has 0 atom stereocenters. The number of hydrogen-bond donors (Lipinski definition) is 0. The molecule has 23 heavy (non-hydrogen) atoms. The van der Waals surface area contributed by atoms with Gasteiger partial charge in [0.05, 0.1) is 5.97 Å². The van der Waals surface area contributed by atoms with E-state index < -0.39 is 5.97 Å². The van der Waals surface area contributed by atoms with Crippen LogP contribution in [0.4, 0.5) is 0 Å². The van der Waals surface area contributed by atoms with Crippen molar-refractivity contribution in [2.75, 3.05) is 0 Å². The molecule has 0 fully saturated rings. The van der Waals surface area contributed by atoms with E-state index in [1.807, 2.05) is 19.1 Å². The van der Waals surface area contributed by atoms with Gasteiger partial charge in [-0.25, -0.2) is 0 Å². The van der Waals surface area contributed by atoms with E-state index in [0.717, 1.165) is 11.6 Å². The summed E-state index contributed by atoms with van der Waals surface area (Å²) in [7, 11) is 0. The molecule has 0 N–H and O–H groups in total. The Morgan fingerprint density at radius 2 is 1.83 bits per heavy atom. The maximum absolute atomic E-state index is 10.4. The first-order chi connectivity index (χ1) is 10.2. The third-order valence-corrected chi connectivity index (χ3v) is 4.12. The molecule has 1 rings (SSSR count). The zero-order chi connectivity index (χ0) is 16.8. The van der Waals surface area contributed by atoms with Gasteiger partial charge in [-0.2, -0.15) is 0 Å². The largest absolute Gasteiger partial charge is 1.00 e. The van der Waals surface area contributed by atoms with Crippen LogP contribution in [-0.2, 0) is 4.79 Å². The minimum atomic E-state index is -1.16. The molecule has 0 aliphatic heterocycles. The van der Waals surface area contributed by atoms with E-state index in [0.29, 0.717) is 5.57 Å². The first-order valence-corrected chi connectivity index (χ1v) is 7.85. The zero-order valence-corrected chi connectivity index (χ0v) is 17.4. The third kappa shape index (κ3) is 8.01. The van der Waals surface area contributed by atoms with Gasteiger partial charge in [-0.15, -0.1) is 0 Å². The number of carbonyl (C=O) groups is 1.